The van der Waals surface area contributed by atoms with Crippen LogP contribution in [0.5, 0.6) is 0 Å². The van der Waals surface area contributed by atoms with E-state index in [0.717, 1.165) is 0 Å². The van der Waals surface area contributed by atoms with E-state index in [1.54, 1.807) is 30.3 Å². The Kier molecular flexibility index (Phi) is 4.11. The highest BCUT2D eigenvalue weighted by molar-refractivity contribution is 6.03. The molecule has 24 heavy (non-hydrogen) atoms. The van der Waals surface area contributed by atoms with Gasteiger partial charge in [0.2, 0.25) is 5.91 Å². The summed E-state index contributed by atoms with van der Waals surface area (Å²) in [6.07, 6.45) is 0. The number of hydrogen-bond acceptors (Lipinski definition) is 3. The first-order chi connectivity index (χ1) is 11.5. The summed E-state index contributed by atoms with van der Waals surface area (Å²) in [7, 11) is 0. The van der Waals surface area contributed by atoms with Gasteiger partial charge in [0.25, 0.3) is 5.91 Å². The van der Waals surface area contributed by atoms with Crippen molar-refractivity contribution in [1.82, 2.24) is 0 Å². The Balaban J connectivity index is 1.76. The third-order valence-corrected chi connectivity index (χ3v) is 3.40. The summed E-state index contributed by atoms with van der Waals surface area (Å²) < 4.78 is 19.2. The van der Waals surface area contributed by atoms with E-state index in [9.17, 15) is 14.0 Å². The summed E-state index contributed by atoms with van der Waals surface area (Å²) >= 11 is 0. The molecule has 0 aliphatic heterocycles. The molecule has 6 heteroatoms. The van der Waals surface area contributed by atoms with E-state index in [4.69, 9.17) is 10.2 Å². The molecule has 3 N–H and O–H groups in total. The normalized spacial score (nSPS) is 10.4. The minimum Gasteiger partial charge on any atom is -0.451 e. The molecular formula is C18H13FN2O3. The van der Waals surface area contributed by atoms with Crippen LogP contribution in [0.3, 0.4) is 0 Å². The highest BCUT2D eigenvalue weighted by Gasteiger charge is 2.14. The molecule has 0 bridgehead atoms. The molecule has 1 aromatic heterocycles. The number of carbonyl (C=O) groups excluding carboxylic acids is 2. The summed E-state index contributed by atoms with van der Waals surface area (Å²) in [5.74, 6) is -1.15. The van der Waals surface area contributed by atoms with E-state index >= 15 is 0 Å². The largest absolute Gasteiger partial charge is 0.451 e. The van der Waals surface area contributed by atoms with Crippen LogP contribution in [-0.4, -0.2) is 11.8 Å². The number of anilines is 1. The van der Waals surface area contributed by atoms with Gasteiger partial charge >= 0.3 is 0 Å². The van der Waals surface area contributed by atoms with E-state index in [0.29, 0.717) is 11.3 Å². The number of nitrogens with two attached hydrogens (primary N) is 1. The molecule has 0 saturated carbocycles. The van der Waals surface area contributed by atoms with Crippen LogP contribution in [0.15, 0.2) is 65.1 Å². The van der Waals surface area contributed by atoms with Gasteiger partial charge in [-0.15, -0.1) is 0 Å². The zero-order valence-corrected chi connectivity index (χ0v) is 12.5. The van der Waals surface area contributed by atoms with Crippen LogP contribution in [-0.2, 0) is 0 Å². The Bertz CT molecular complexity index is 901. The lowest BCUT2D eigenvalue weighted by molar-refractivity contribution is 0.0992. The number of carbonyl (C=O) groups is 2. The SMILES string of the molecule is NC(=O)c1ccc(NC(=O)c2ccc(-c3ccccc3F)o2)cc1. The predicted molar refractivity (Wildman–Crippen MR) is 87.0 cm³/mol. The number of amides is 2. The molecule has 0 spiro atoms. The fraction of sp³-hybridized carbons (Fsp3) is 0. The van der Waals surface area contributed by atoms with E-state index in [1.165, 1.54) is 30.3 Å². The van der Waals surface area contributed by atoms with Gasteiger partial charge in [-0.3, -0.25) is 9.59 Å². The van der Waals surface area contributed by atoms with Crippen molar-refractivity contribution < 1.29 is 18.4 Å². The third kappa shape index (κ3) is 3.17. The number of nitrogens with one attached hydrogen (secondary N) is 1. The van der Waals surface area contributed by atoms with Crippen LogP contribution in [0.4, 0.5) is 10.1 Å². The summed E-state index contributed by atoms with van der Waals surface area (Å²) in [4.78, 5) is 23.2. The quantitative estimate of drug-likeness (QED) is 0.771. The number of halogens is 1. The number of rotatable bonds is 4. The van der Waals surface area contributed by atoms with Crippen molar-refractivity contribution in [2.24, 2.45) is 5.73 Å². The highest BCUT2D eigenvalue weighted by Crippen LogP contribution is 2.25. The first-order valence-corrected chi connectivity index (χ1v) is 7.10. The lowest BCUT2D eigenvalue weighted by Crippen LogP contribution is -2.12. The smallest absolute Gasteiger partial charge is 0.291 e. The molecule has 1 heterocycles. The monoisotopic (exact) mass is 324 g/mol. The van der Waals surface area contributed by atoms with Gasteiger partial charge in [0.15, 0.2) is 5.76 Å². The minimum absolute atomic E-state index is 0.0484. The molecule has 5 nitrogen and oxygen atoms in total. The Hall–Kier alpha value is -3.41. The average molecular weight is 324 g/mol. The van der Waals surface area contributed by atoms with Crippen LogP contribution >= 0.6 is 0 Å². The Morgan fingerprint density at radius 3 is 2.33 bits per heavy atom. The fourth-order valence-corrected chi connectivity index (χ4v) is 2.18. The maximum absolute atomic E-state index is 13.7. The van der Waals surface area contributed by atoms with E-state index in [2.05, 4.69) is 5.32 Å². The second-order valence-corrected chi connectivity index (χ2v) is 5.04. The zero-order valence-electron chi connectivity index (χ0n) is 12.5. The molecule has 0 fully saturated rings. The van der Waals surface area contributed by atoms with Gasteiger partial charge in [-0.25, -0.2) is 4.39 Å². The summed E-state index contributed by atoms with van der Waals surface area (Å²) in [6.45, 7) is 0. The zero-order chi connectivity index (χ0) is 17.1. The fourth-order valence-electron chi connectivity index (χ4n) is 2.18. The third-order valence-electron chi connectivity index (χ3n) is 3.40. The minimum atomic E-state index is -0.548. The van der Waals surface area contributed by atoms with Crippen LogP contribution in [0.25, 0.3) is 11.3 Å². The molecule has 3 rings (SSSR count). The first kappa shape index (κ1) is 15.5. The van der Waals surface area contributed by atoms with Crippen LogP contribution in [0.2, 0.25) is 0 Å². The lowest BCUT2D eigenvalue weighted by Gasteiger charge is -2.04. The van der Waals surface area contributed by atoms with Crippen molar-refractivity contribution in [2.75, 3.05) is 5.32 Å². The molecule has 2 amide bonds. The molecular weight excluding hydrogens is 311 g/mol. The van der Waals surface area contributed by atoms with Crippen molar-refractivity contribution >= 4 is 17.5 Å². The van der Waals surface area contributed by atoms with Crippen LogP contribution in [0, 0.1) is 5.82 Å². The van der Waals surface area contributed by atoms with Crippen molar-refractivity contribution in [2.45, 2.75) is 0 Å². The molecule has 0 unspecified atom stereocenters. The Morgan fingerprint density at radius 2 is 1.67 bits per heavy atom. The highest BCUT2D eigenvalue weighted by atomic mass is 19.1. The molecule has 0 aliphatic carbocycles. The van der Waals surface area contributed by atoms with E-state index in [1.807, 2.05) is 0 Å². The van der Waals surface area contributed by atoms with E-state index in [-0.39, 0.29) is 17.1 Å². The van der Waals surface area contributed by atoms with Gasteiger partial charge in [-0.1, -0.05) is 12.1 Å². The summed E-state index contributed by atoms with van der Waals surface area (Å²) in [5, 5.41) is 2.63. The molecule has 0 atom stereocenters. The predicted octanol–water partition coefficient (Wildman–Crippen LogP) is 3.44. The van der Waals surface area contributed by atoms with Gasteiger partial charge in [0.1, 0.15) is 11.6 Å². The molecule has 120 valence electrons. The van der Waals surface area contributed by atoms with Gasteiger partial charge in [0, 0.05) is 11.3 Å². The molecule has 0 radical (unpaired) electrons. The van der Waals surface area contributed by atoms with Crippen molar-refractivity contribution in [3.8, 4) is 11.3 Å². The second kappa shape index (κ2) is 6.37. The van der Waals surface area contributed by atoms with Crippen molar-refractivity contribution in [3.63, 3.8) is 0 Å². The van der Waals surface area contributed by atoms with Crippen LogP contribution < -0.4 is 11.1 Å². The average Bonchev–Trinajstić information content (AvgIpc) is 3.05. The maximum Gasteiger partial charge on any atom is 0.291 e. The van der Waals surface area contributed by atoms with Crippen LogP contribution in [0.1, 0.15) is 20.9 Å². The molecule has 0 aliphatic rings. The summed E-state index contributed by atoms with van der Waals surface area (Å²) in [6, 6.07) is 15.3. The van der Waals surface area contributed by atoms with Gasteiger partial charge in [-0.05, 0) is 48.5 Å². The number of benzene rings is 2. The Morgan fingerprint density at radius 1 is 0.958 bits per heavy atom. The van der Waals surface area contributed by atoms with Gasteiger partial charge in [0.05, 0.1) is 5.56 Å². The first-order valence-electron chi connectivity index (χ1n) is 7.10. The van der Waals surface area contributed by atoms with Gasteiger partial charge in [-0.2, -0.15) is 0 Å². The standard InChI is InChI=1S/C18H13FN2O3/c19-14-4-2-1-3-13(14)15-9-10-16(24-15)18(23)21-12-7-5-11(6-8-12)17(20)22/h1-10H,(H2,20,22)(H,21,23). The van der Waals surface area contributed by atoms with Crippen molar-refractivity contribution in [3.05, 3.63) is 77.8 Å². The van der Waals surface area contributed by atoms with E-state index < -0.39 is 17.6 Å². The number of hydrogen-bond donors (Lipinski definition) is 2. The molecule has 2 aromatic carbocycles. The number of furan rings is 1. The molecule has 3 aromatic rings. The molecule has 0 saturated heterocycles. The van der Waals surface area contributed by atoms with Crippen molar-refractivity contribution in [1.29, 1.82) is 0 Å². The maximum atomic E-state index is 13.7. The van der Waals surface area contributed by atoms with Gasteiger partial charge < -0.3 is 15.5 Å². The number of primary amides is 1. The summed E-state index contributed by atoms with van der Waals surface area (Å²) in [5.41, 5.74) is 6.26. The Labute approximate surface area is 136 Å². The topological polar surface area (TPSA) is 85.3 Å². The lowest BCUT2D eigenvalue weighted by atomic mass is 10.1. The second-order valence-electron chi connectivity index (χ2n) is 5.04.